The minimum Gasteiger partial charge on any atom is -0.457 e. The number of piperazine rings is 1. The fourth-order valence-electron chi connectivity index (χ4n) is 6.41. The van der Waals surface area contributed by atoms with Gasteiger partial charge in [0, 0.05) is 44.8 Å². The Balaban J connectivity index is 1.28. The summed E-state index contributed by atoms with van der Waals surface area (Å²) in [4.78, 5) is 42.8. The fourth-order valence-corrected chi connectivity index (χ4v) is 6.41. The van der Waals surface area contributed by atoms with Gasteiger partial charge in [-0.1, -0.05) is 18.2 Å². The van der Waals surface area contributed by atoms with Crippen LogP contribution in [-0.4, -0.2) is 91.6 Å². The Bertz CT molecular complexity index is 1850. The van der Waals surface area contributed by atoms with Crippen molar-refractivity contribution in [2.45, 2.75) is 38.3 Å². The van der Waals surface area contributed by atoms with Gasteiger partial charge in [0.2, 0.25) is 0 Å². The summed E-state index contributed by atoms with van der Waals surface area (Å²) in [5.41, 5.74) is 7.04. The second kappa shape index (κ2) is 12.8. The number of piperidine rings is 1. The number of likely N-dealkylation sites (tertiary alicyclic amines) is 1. The highest BCUT2D eigenvalue weighted by Crippen LogP contribution is 2.30. The predicted molar refractivity (Wildman–Crippen MR) is 176 cm³/mol. The van der Waals surface area contributed by atoms with Gasteiger partial charge in [-0.05, 0) is 76.2 Å². The molecule has 46 heavy (non-hydrogen) atoms. The van der Waals surface area contributed by atoms with E-state index in [2.05, 4.69) is 32.9 Å². The average molecular weight is 622 g/mol. The van der Waals surface area contributed by atoms with E-state index in [1.807, 2.05) is 44.2 Å². The van der Waals surface area contributed by atoms with Crippen molar-refractivity contribution in [3.8, 4) is 23.3 Å². The van der Waals surface area contributed by atoms with Gasteiger partial charge < -0.3 is 20.3 Å². The number of nitriles is 1. The summed E-state index contributed by atoms with van der Waals surface area (Å²) in [5, 5.41) is 10.1. The fraction of sp³-hybridized carbons (Fsp3) is 0.382. The zero-order valence-electron chi connectivity index (χ0n) is 26.5. The average Bonchev–Trinajstić information content (AvgIpc) is 3.37. The molecule has 1 atom stereocenters. The van der Waals surface area contributed by atoms with E-state index < -0.39 is 5.54 Å². The second-order valence-corrected chi connectivity index (χ2v) is 12.5. The lowest BCUT2D eigenvalue weighted by Gasteiger charge is -2.42. The van der Waals surface area contributed by atoms with E-state index in [-0.39, 0.29) is 35.6 Å². The standard InChI is InChI=1S/C34H39N9O3/c1-34(2,41-18-16-39(3)17-19-41)20-24(21-35)32(44)40-15-7-8-26(22-40)43-31-29(30(36)37-23-38-31)42(33(43)45)25-11-13-28(14-12-25)46-27-9-5-4-6-10-27/h4-6,9-14,20,23,26H,7-8,15-19,22H2,1-3H3,(H2,36,37,38)/b24-20-/t26-/m0/s1. The van der Waals surface area contributed by atoms with Crippen LogP contribution in [0.4, 0.5) is 5.82 Å². The molecule has 1 amide bonds. The number of nitrogens with zero attached hydrogens (tertiary/aromatic N) is 8. The number of fused-ring (bicyclic) bond motifs is 1. The largest absolute Gasteiger partial charge is 0.457 e. The molecule has 2 saturated heterocycles. The zero-order valence-corrected chi connectivity index (χ0v) is 26.5. The van der Waals surface area contributed by atoms with Gasteiger partial charge in [0.15, 0.2) is 11.5 Å². The molecule has 6 rings (SSSR count). The lowest BCUT2D eigenvalue weighted by atomic mass is 9.96. The van der Waals surface area contributed by atoms with Gasteiger partial charge in [-0.2, -0.15) is 5.26 Å². The molecule has 0 radical (unpaired) electrons. The first-order valence-electron chi connectivity index (χ1n) is 15.6. The van der Waals surface area contributed by atoms with Crippen molar-refractivity contribution in [2.24, 2.45) is 0 Å². The smallest absolute Gasteiger partial charge is 0.335 e. The van der Waals surface area contributed by atoms with Crippen LogP contribution in [0.2, 0.25) is 0 Å². The minimum absolute atomic E-state index is 0.115. The molecule has 2 fully saturated rings. The number of para-hydroxylation sites is 1. The third-order valence-electron chi connectivity index (χ3n) is 8.97. The molecule has 0 spiro atoms. The number of hydrogen-bond acceptors (Lipinski definition) is 9. The molecule has 2 aromatic carbocycles. The number of nitrogens with two attached hydrogens (primary N) is 1. The van der Waals surface area contributed by atoms with Crippen molar-refractivity contribution in [1.29, 1.82) is 5.26 Å². The first-order valence-corrected chi connectivity index (χ1v) is 15.6. The van der Waals surface area contributed by atoms with E-state index in [1.54, 1.807) is 39.8 Å². The number of aromatic nitrogens is 4. The van der Waals surface area contributed by atoms with E-state index in [9.17, 15) is 14.9 Å². The molecule has 2 aromatic heterocycles. The lowest BCUT2D eigenvalue weighted by Crippen LogP contribution is -2.53. The van der Waals surface area contributed by atoms with Gasteiger partial charge >= 0.3 is 5.69 Å². The number of benzene rings is 2. The van der Waals surface area contributed by atoms with Gasteiger partial charge in [0.25, 0.3) is 5.91 Å². The molecule has 0 bridgehead atoms. The van der Waals surface area contributed by atoms with Crippen LogP contribution < -0.4 is 16.2 Å². The summed E-state index contributed by atoms with van der Waals surface area (Å²) in [6.07, 6.45) is 4.47. The number of amides is 1. The Labute approximate surface area is 267 Å². The number of hydrogen-bond donors (Lipinski definition) is 1. The van der Waals surface area contributed by atoms with E-state index in [0.717, 1.165) is 26.2 Å². The number of carbonyl (C=O) groups is 1. The van der Waals surface area contributed by atoms with E-state index in [4.69, 9.17) is 10.5 Å². The van der Waals surface area contributed by atoms with Crippen molar-refractivity contribution < 1.29 is 9.53 Å². The molecule has 12 heteroatoms. The van der Waals surface area contributed by atoms with Gasteiger partial charge in [0.05, 0.1) is 11.7 Å². The monoisotopic (exact) mass is 621 g/mol. The molecule has 4 aromatic rings. The molecule has 2 aliphatic rings. The predicted octanol–water partition coefficient (Wildman–Crippen LogP) is 3.60. The van der Waals surface area contributed by atoms with Gasteiger partial charge in [-0.15, -0.1) is 0 Å². The Hall–Kier alpha value is -4.99. The van der Waals surface area contributed by atoms with E-state index in [0.29, 0.717) is 47.7 Å². The second-order valence-electron chi connectivity index (χ2n) is 12.5. The minimum atomic E-state index is -0.461. The van der Waals surface area contributed by atoms with Crippen molar-refractivity contribution >= 4 is 22.9 Å². The number of nitrogen functional groups attached to an aromatic ring is 1. The number of carbonyl (C=O) groups excluding carboxylic acids is 1. The molecule has 2 N–H and O–H groups in total. The number of rotatable bonds is 7. The Kier molecular flexibility index (Phi) is 8.62. The highest BCUT2D eigenvalue weighted by Gasteiger charge is 2.33. The summed E-state index contributed by atoms with van der Waals surface area (Å²) >= 11 is 0. The normalized spacial score (nSPS) is 18.4. The van der Waals surface area contributed by atoms with Crippen molar-refractivity contribution in [3.05, 3.63) is 83.1 Å². The van der Waals surface area contributed by atoms with Crippen LogP contribution in [0.3, 0.4) is 0 Å². The first kappa shape index (κ1) is 31.0. The molecular weight excluding hydrogens is 582 g/mol. The van der Waals surface area contributed by atoms with Gasteiger partial charge in [-0.3, -0.25) is 18.8 Å². The zero-order chi connectivity index (χ0) is 32.4. The van der Waals surface area contributed by atoms with Crippen LogP contribution in [0.1, 0.15) is 32.7 Å². The molecule has 12 nitrogen and oxygen atoms in total. The van der Waals surface area contributed by atoms with Crippen LogP contribution in [-0.2, 0) is 4.79 Å². The summed E-state index contributed by atoms with van der Waals surface area (Å²) in [6, 6.07) is 18.4. The topological polar surface area (TPSA) is 139 Å². The maximum atomic E-state index is 14.2. The van der Waals surface area contributed by atoms with Gasteiger partial charge in [0.1, 0.15) is 35.0 Å². The van der Waals surface area contributed by atoms with Crippen molar-refractivity contribution in [3.63, 3.8) is 0 Å². The third kappa shape index (κ3) is 6.11. The van der Waals surface area contributed by atoms with Crippen molar-refractivity contribution in [2.75, 3.05) is 52.0 Å². The molecule has 2 aliphatic heterocycles. The first-order chi connectivity index (χ1) is 22.2. The maximum absolute atomic E-state index is 14.2. The van der Waals surface area contributed by atoms with Crippen LogP contribution >= 0.6 is 0 Å². The summed E-state index contributed by atoms with van der Waals surface area (Å²) in [6.45, 7) is 8.43. The molecule has 0 aliphatic carbocycles. The molecule has 0 unspecified atom stereocenters. The van der Waals surface area contributed by atoms with E-state index >= 15 is 0 Å². The Morgan fingerprint density at radius 1 is 1.02 bits per heavy atom. The van der Waals surface area contributed by atoms with Crippen LogP contribution in [0.15, 0.2) is 77.4 Å². The third-order valence-corrected chi connectivity index (χ3v) is 8.97. The highest BCUT2D eigenvalue weighted by molar-refractivity contribution is 5.97. The maximum Gasteiger partial charge on any atom is 0.335 e. The molecule has 4 heterocycles. The Morgan fingerprint density at radius 2 is 1.72 bits per heavy atom. The summed E-state index contributed by atoms with van der Waals surface area (Å²) < 4.78 is 9.06. The summed E-state index contributed by atoms with van der Waals surface area (Å²) in [7, 11) is 2.10. The van der Waals surface area contributed by atoms with E-state index in [1.165, 1.54) is 10.9 Å². The van der Waals surface area contributed by atoms with Crippen LogP contribution in [0, 0.1) is 11.3 Å². The van der Waals surface area contributed by atoms with Crippen molar-refractivity contribution in [1.82, 2.24) is 33.8 Å². The Morgan fingerprint density at radius 3 is 2.41 bits per heavy atom. The highest BCUT2D eigenvalue weighted by atomic mass is 16.5. The quantitative estimate of drug-likeness (QED) is 0.242. The summed E-state index contributed by atoms with van der Waals surface area (Å²) in [5.74, 6) is 1.18. The molecule has 238 valence electrons. The molecular formula is C34H39N9O3. The number of anilines is 1. The van der Waals surface area contributed by atoms with Crippen LogP contribution in [0.5, 0.6) is 11.5 Å². The lowest BCUT2D eigenvalue weighted by molar-refractivity contribution is -0.128. The SMILES string of the molecule is CN1CCN(C(C)(C)/C=C(/C#N)C(=O)N2CCC[C@H](n3c(=O)n(-c4ccc(Oc5ccccc5)cc4)c4c(N)ncnc43)C2)CC1. The number of ether oxygens (including phenoxy) is 1. The van der Waals surface area contributed by atoms with Crippen LogP contribution in [0.25, 0.3) is 16.9 Å². The number of imidazole rings is 1. The van der Waals surface area contributed by atoms with Gasteiger partial charge in [-0.25, -0.2) is 14.8 Å². The molecule has 0 saturated carbocycles. The number of likely N-dealkylation sites (N-methyl/N-ethyl adjacent to an activating group) is 1.